The quantitative estimate of drug-likeness (QED) is 0.837. The number of hydrogen-bond donors (Lipinski definition) is 1. The lowest BCUT2D eigenvalue weighted by molar-refractivity contribution is 0.221. The van der Waals surface area contributed by atoms with E-state index in [1.807, 2.05) is 29.0 Å². The highest BCUT2D eigenvalue weighted by Gasteiger charge is 2.09. The molecule has 15 heavy (non-hydrogen) atoms. The average Bonchev–Trinajstić information content (AvgIpc) is 2.82. The Bertz CT molecular complexity index is 403. The van der Waals surface area contributed by atoms with E-state index in [9.17, 15) is 5.11 Å². The standard InChI is InChI=1S/C13H14OS/c1-2-10-3-5-11(6-4-10)13(14)12-7-8-15-9-12/h3-9,13-14H,2H2,1H3/t13-/m1/s1. The maximum atomic E-state index is 10.1. The smallest absolute Gasteiger partial charge is 0.105 e. The van der Waals surface area contributed by atoms with Crippen LogP contribution in [-0.4, -0.2) is 5.11 Å². The molecule has 0 spiro atoms. The fourth-order valence-corrected chi connectivity index (χ4v) is 2.24. The van der Waals surface area contributed by atoms with Crippen molar-refractivity contribution in [2.24, 2.45) is 0 Å². The SMILES string of the molecule is CCc1ccc([C@@H](O)c2ccsc2)cc1. The molecule has 0 unspecified atom stereocenters. The number of hydrogen-bond acceptors (Lipinski definition) is 2. The molecular formula is C13H14OS. The summed E-state index contributed by atoms with van der Waals surface area (Å²) in [6.07, 6.45) is 0.552. The summed E-state index contributed by atoms with van der Waals surface area (Å²) in [5.41, 5.74) is 3.24. The van der Waals surface area contributed by atoms with E-state index in [2.05, 4.69) is 19.1 Å². The largest absolute Gasteiger partial charge is 0.384 e. The Morgan fingerprint density at radius 1 is 1.13 bits per heavy atom. The highest BCUT2D eigenvalue weighted by molar-refractivity contribution is 7.07. The van der Waals surface area contributed by atoms with Crippen LogP contribution in [0.3, 0.4) is 0 Å². The van der Waals surface area contributed by atoms with Gasteiger partial charge >= 0.3 is 0 Å². The Labute approximate surface area is 94.0 Å². The first-order valence-corrected chi connectivity index (χ1v) is 6.04. The molecule has 1 aromatic heterocycles. The van der Waals surface area contributed by atoms with Gasteiger partial charge in [-0.05, 0) is 39.9 Å². The lowest BCUT2D eigenvalue weighted by Gasteiger charge is -2.09. The van der Waals surface area contributed by atoms with Crippen LogP contribution < -0.4 is 0 Å². The van der Waals surface area contributed by atoms with Gasteiger partial charge in [0.1, 0.15) is 6.10 Å². The maximum absolute atomic E-state index is 10.1. The Hall–Kier alpha value is -1.12. The predicted octanol–water partition coefficient (Wildman–Crippen LogP) is 3.39. The first-order chi connectivity index (χ1) is 7.31. The van der Waals surface area contributed by atoms with E-state index in [0.29, 0.717) is 0 Å². The van der Waals surface area contributed by atoms with Crippen LogP contribution in [0.25, 0.3) is 0 Å². The van der Waals surface area contributed by atoms with E-state index in [-0.39, 0.29) is 0 Å². The predicted molar refractivity (Wildman–Crippen MR) is 64.2 cm³/mol. The van der Waals surface area contributed by atoms with Crippen molar-refractivity contribution in [3.8, 4) is 0 Å². The monoisotopic (exact) mass is 218 g/mol. The molecule has 0 fully saturated rings. The summed E-state index contributed by atoms with van der Waals surface area (Å²) in [4.78, 5) is 0. The van der Waals surface area contributed by atoms with Crippen molar-refractivity contribution in [1.82, 2.24) is 0 Å². The average molecular weight is 218 g/mol. The Morgan fingerprint density at radius 2 is 1.87 bits per heavy atom. The van der Waals surface area contributed by atoms with Crippen LogP contribution in [0.2, 0.25) is 0 Å². The molecule has 0 bridgehead atoms. The number of rotatable bonds is 3. The van der Waals surface area contributed by atoms with Crippen molar-refractivity contribution in [2.45, 2.75) is 19.4 Å². The molecule has 0 radical (unpaired) electrons. The van der Waals surface area contributed by atoms with Gasteiger partial charge in [0, 0.05) is 0 Å². The third kappa shape index (κ3) is 2.28. The van der Waals surface area contributed by atoms with Gasteiger partial charge in [0.25, 0.3) is 0 Å². The van der Waals surface area contributed by atoms with Crippen LogP contribution >= 0.6 is 11.3 Å². The van der Waals surface area contributed by atoms with E-state index < -0.39 is 6.10 Å². The molecule has 1 heterocycles. The summed E-state index contributed by atoms with van der Waals surface area (Å²) in [5, 5.41) is 14.0. The van der Waals surface area contributed by atoms with Crippen molar-refractivity contribution in [3.63, 3.8) is 0 Å². The van der Waals surface area contributed by atoms with Crippen molar-refractivity contribution >= 4 is 11.3 Å². The fraction of sp³-hybridized carbons (Fsp3) is 0.231. The normalized spacial score (nSPS) is 12.7. The maximum Gasteiger partial charge on any atom is 0.105 e. The number of thiophene rings is 1. The van der Waals surface area contributed by atoms with Gasteiger partial charge in [-0.25, -0.2) is 0 Å². The molecule has 2 aromatic rings. The minimum absolute atomic E-state index is 0.484. The molecule has 0 aliphatic heterocycles. The molecule has 0 saturated heterocycles. The van der Waals surface area contributed by atoms with Crippen LogP contribution in [0.15, 0.2) is 41.1 Å². The van der Waals surface area contributed by atoms with Gasteiger partial charge in [-0.1, -0.05) is 31.2 Å². The zero-order chi connectivity index (χ0) is 10.7. The first kappa shape index (κ1) is 10.4. The number of aryl methyl sites for hydroxylation is 1. The van der Waals surface area contributed by atoms with Crippen molar-refractivity contribution < 1.29 is 5.11 Å². The molecule has 78 valence electrons. The number of benzene rings is 1. The van der Waals surface area contributed by atoms with E-state index >= 15 is 0 Å². The second-order valence-corrected chi connectivity index (χ2v) is 4.33. The molecule has 1 aromatic carbocycles. The van der Waals surface area contributed by atoms with Crippen molar-refractivity contribution in [2.75, 3.05) is 0 Å². The first-order valence-electron chi connectivity index (χ1n) is 5.10. The molecule has 0 saturated carbocycles. The Balaban J connectivity index is 2.22. The van der Waals surface area contributed by atoms with Gasteiger partial charge < -0.3 is 5.11 Å². The van der Waals surface area contributed by atoms with Crippen LogP contribution in [0.5, 0.6) is 0 Å². The van der Waals surface area contributed by atoms with Crippen molar-refractivity contribution in [3.05, 3.63) is 57.8 Å². The van der Waals surface area contributed by atoms with Crippen LogP contribution in [0.1, 0.15) is 29.7 Å². The summed E-state index contributed by atoms with van der Waals surface area (Å²) < 4.78 is 0. The molecule has 2 heteroatoms. The summed E-state index contributed by atoms with van der Waals surface area (Å²) >= 11 is 1.61. The lowest BCUT2D eigenvalue weighted by atomic mass is 10.0. The molecule has 0 amide bonds. The van der Waals surface area contributed by atoms with Gasteiger partial charge in [-0.15, -0.1) is 0 Å². The zero-order valence-corrected chi connectivity index (χ0v) is 9.50. The van der Waals surface area contributed by atoms with Crippen LogP contribution in [0, 0.1) is 0 Å². The summed E-state index contributed by atoms with van der Waals surface area (Å²) in [7, 11) is 0. The number of aliphatic hydroxyl groups excluding tert-OH is 1. The highest BCUT2D eigenvalue weighted by Crippen LogP contribution is 2.23. The summed E-state index contributed by atoms with van der Waals surface area (Å²) in [6.45, 7) is 2.13. The second-order valence-electron chi connectivity index (χ2n) is 3.55. The fourth-order valence-electron chi connectivity index (χ4n) is 1.56. The lowest BCUT2D eigenvalue weighted by Crippen LogP contribution is -1.97. The van der Waals surface area contributed by atoms with Crippen molar-refractivity contribution in [1.29, 1.82) is 0 Å². The highest BCUT2D eigenvalue weighted by atomic mass is 32.1. The topological polar surface area (TPSA) is 20.2 Å². The third-order valence-electron chi connectivity index (χ3n) is 2.56. The minimum Gasteiger partial charge on any atom is -0.384 e. The van der Waals surface area contributed by atoms with E-state index in [1.165, 1.54) is 5.56 Å². The van der Waals surface area contributed by atoms with Gasteiger partial charge in [0.05, 0.1) is 0 Å². The molecule has 2 rings (SSSR count). The van der Waals surface area contributed by atoms with Crippen LogP contribution in [0.4, 0.5) is 0 Å². The number of aliphatic hydroxyl groups is 1. The van der Waals surface area contributed by atoms with Gasteiger partial charge in [0.15, 0.2) is 0 Å². The van der Waals surface area contributed by atoms with E-state index in [1.54, 1.807) is 11.3 Å². The summed E-state index contributed by atoms with van der Waals surface area (Å²) in [6, 6.07) is 10.1. The second kappa shape index (κ2) is 4.60. The Kier molecular flexibility index (Phi) is 3.19. The zero-order valence-electron chi connectivity index (χ0n) is 8.68. The molecule has 1 nitrogen and oxygen atoms in total. The molecular weight excluding hydrogens is 204 g/mol. The molecule has 0 aliphatic rings. The molecule has 0 aliphatic carbocycles. The molecule has 1 N–H and O–H groups in total. The Morgan fingerprint density at radius 3 is 2.40 bits per heavy atom. The minimum atomic E-state index is -0.484. The van der Waals surface area contributed by atoms with E-state index in [4.69, 9.17) is 0 Å². The summed E-state index contributed by atoms with van der Waals surface area (Å²) in [5.74, 6) is 0. The molecule has 1 atom stereocenters. The van der Waals surface area contributed by atoms with Crippen LogP contribution in [-0.2, 0) is 6.42 Å². The van der Waals surface area contributed by atoms with Gasteiger partial charge in [-0.2, -0.15) is 11.3 Å². The third-order valence-corrected chi connectivity index (χ3v) is 3.26. The van der Waals surface area contributed by atoms with Gasteiger partial charge in [-0.3, -0.25) is 0 Å². The van der Waals surface area contributed by atoms with Gasteiger partial charge in [0.2, 0.25) is 0 Å². The van der Waals surface area contributed by atoms with E-state index in [0.717, 1.165) is 17.5 Å².